The fraction of sp³-hybridized carbons (Fsp3) is 0.429. The molecule has 39 heavy (non-hydrogen) atoms. The van der Waals surface area contributed by atoms with Gasteiger partial charge in [-0.2, -0.15) is 4.98 Å². The SMILES string of the molecule is CC(c1ccc(Nc2nccc(N(C)c3ccc4c(c3)NC(N)(C3CCCCC3)N4C)n2)cc1)S(C)(=O)=O.Cl. The number of nitrogens with two attached hydrogens (primary N) is 1. The van der Waals surface area contributed by atoms with Gasteiger partial charge in [-0.15, -0.1) is 12.4 Å². The lowest BCUT2D eigenvalue weighted by Gasteiger charge is -2.42. The van der Waals surface area contributed by atoms with E-state index in [1.54, 1.807) is 13.1 Å². The normalized spacial score (nSPS) is 20.0. The molecule has 1 fully saturated rings. The maximum absolute atomic E-state index is 11.9. The van der Waals surface area contributed by atoms with Crippen molar-refractivity contribution >= 4 is 56.8 Å². The molecule has 1 aromatic heterocycles. The van der Waals surface area contributed by atoms with Crippen molar-refractivity contribution < 1.29 is 8.42 Å². The van der Waals surface area contributed by atoms with Crippen LogP contribution in [-0.4, -0.2) is 44.5 Å². The molecule has 0 saturated heterocycles. The lowest BCUT2D eigenvalue weighted by atomic mass is 9.84. The first-order valence-corrected chi connectivity index (χ1v) is 15.1. The van der Waals surface area contributed by atoms with Crippen LogP contribution in [-0.2, 0) is 9.84 Å². The zero-order valence-corrected chi connectivity index (χ0v) is 24.5. The van der Waals surface area contributed by atoms with Crippen LogP contribution in [0.15, 0.2) is 54.7 Å². The molecule has 5 rings (SSSR count). The third-order valence-corrected chi connectivity index (χ3v) is 9.67. The van der Waals surface area contributed by atoms with Gasteiger partial charge >= 0.3 is 0 Å². The number of aromatic nitrogens is 2. The van der Waals surface area contributed by atoms with E-state index in [1.165, 1.54) is 25.5 Å². The summed E-state index contributed by atoms with van der Waals surface area (Å²) in [5.74, 6) is 1.03. The Morgan fingerprint density at radius 1 is 1.13 bits per heavy atom. The smallest absolute Gasteiger partial charge is 0.229 e. The zero-order valence-electron chi connectivity index (χ0n) is 22.9. The summed E-state index contributed by atoms with van der Waals surface area (Å²) in [6.07, 6.45) is 9.01. The molecule has 1 aliphatic carbocycles. The van der Waals surface area contributed by atoms with Gasteiger partial charge in [-0.3, -0.25) is 5.73 Å². The molecule has 9 nitrogen and oxygen atoms in total. The Hall–Kier alpha value is -3.08. The van der Waals surface area contributed by atoms with Crippen LogP contribution in [0.5, 0.6) is 0 Å². The number of benzene rings is 2. The van der Waals surface area contributed by atoms with Crippen LogP contribution in [0.2, 0.25) is 0 Å². The van der Waals surface area contributed by atoms with Gasteiger partial charge in [0.05, 0.1) is 16.6 Å². The Morgan fingerprint density at radius 2 is 1.82 bits per heavy atom. The minimum absolute atomic E-state index is 0. The quantitative estimate of drug-likeness (QED) is 0.334. The Bertz CT molecular complexity index is 1410. The van der Waals surface area contributed by atoms with Gasteiger partial charge in [0.25, 0.3) is 0 Å². The lowest BCUT2D eigenvalue weighted by Crippen LogP contribution is -2.62. The fourth-order valence-corrected chi connectivity index (χ4v) is 6.14. The van der Waals surface area contributed by atoms with Crippen molar-refractivity contribution in [1.82, 2.24) is 9.97 Å². The lowest BCUT2D eigenvalue weighted by molar-refractivity contribution is 0.235. The van der Waals surface area contributed by atoms with Crippen LogP contribution in [0.1, 0.15) is 49.8 Å². The first kappa shape index (κ1) is 28.9. The largest absolute Gasteiger partial charge is 0.349 e. The highest BCUT2D eigenvalue weighted by Crippen LogP contribution is 2.45. The number of rotatable bonds is 7. The first-order chi connectivity index (χ1) is 18.1. The summed E-state index contributed by atoms with van der Waals surface area (Å²) in [5.41, 5.74) is 11.6. The zero-order chi connectivity index (χ0) is 27.1. The molecule has 0 bridgehead atoms. The molecule has 2 unspecified atom stereocenters. The van der Waals surface area contributed by atoms with Gasteiger partial charge in [0, 0.05) is 43.8 Å². The number of nitrogens with zero attached hydrogens (tertiary/aromatic N) is 4. The third-order valence-electron chi connectivity index (χ3n) is 8.11. The number of fused-ring (bicyclic) bond motifs is 1. The maximum atomic E-state index is 11.9. The van der Waals surface area contributed by atoms with Gasteiger partial charge < -0.3 is 20.4 Å². The van der Waals surface area contributed by atoms with Crippen LogP contribution in [0.3, 0.4) is 0 Å². The number of sulfone groups is 1. The molecule has 11 heteroatoms. The number of hydrogen-bond donors (Lipinski definition) is 3. The molecule has 210 valence electrons. The molecular formula is C28H38ClN7O2S. The molecule has 3 aromatic rings. The van der Waals surface area contributed by atoms with E-state index in [0.717, 1.165) is 47.0 Å². The standard InChI is InChI=1S/C28H37N7O2S.ClH/c1-19(38(4,36)37)20-10-12-22(13-11-20)31-27-30-17-16-26(32-27)34(2)23-14-15-25-24(18-23)33-28(29,35(25)3)21-8-6-5-7-9-21;/h10-19,21,33H,5-9,29H2,1-4H3,(H,30,31,32);1H. The molecule has 0 spiro atoms. The molecule has 4 N–H and O–H groups in total. The van der Waals surface area contributed by atoms with E-state index < -0.39 is 20.9 Å². The van der Waals surface area contributed by atoms with Crippen LogP contribution in [0.4, 0.5) is 34.5 Å². The molecule has 2 heterocycles. The van der Waals surface area contributed by atoms with E-state index in [1.807, 2.05) is 42.3 Å². The van der Waals surface area contributed by atoms with E-state index in [9.17, 15) is 8.42 Å². The van der Waals surface area contributed by atoms with Crippen molar-refractivity contribution in [1.29, 1.82) is 0 Å². The number of nitrogens with one attached hydrogen (secondary N) is 2. The van der Waals surface area contributed by atoms with Crippen LogP contribution in [0.25, 0.3) is 0 Å². The van der Waals surface area contributed by atoms with Gasteiger partial charge in [-0.05, 0) is 61.7 Å². The minimum Gasteiger partial charge on any atom is -0.349 e. The summed E-state index contributed by atoms with van der Waals surface area (Å²) in [6.45, 7) is 1.69. The minimum atomic E-state index is -3.15. The Balaban J connectivity index is 0.00000353. The van der Waals surface area contributed by atoms with E-state index in [4.69, 9.17) is 10.7 Å². The average Bonchev–Trinajstić information content (AvgIpc) is 3.18. The summed E-state index contributed by atoms with van der Waals surface area (Å²) in [6, 6.07) is 15.5. The molecule has 0 radical (unpaired) electrons. The summed E-state index contributed by atoms with van der Waals surface area (Å²) in [4.78, 5) is 13.3. The monoisotopic (exact) mass is 571 g/mol. The van der Waals surface area contributed by atoms with Crippen molar-refractivity contribution in [2.75, 3.05) is 40.8 Å². The second kappa shape index (κ2) is 11.2. The highest BCUT2D eigenvalue weighted by Gasteiger charge is 2.44. The van der Waals surface area contributed by atoms with Crippen LogP contribution < -0.4 is 26.2 Å². The first-order valence-electron chi connectivity index (χ1n) is 13.1. The number of anilines is 6. The van der Waals surface area contributed by atoms with Crippen molar-refractivity contribution in [3.63, 3.8) is 0 Å². The van der Waals surface area contributed by atoms with Gasteiger partial charge in [-0.25, -0.2) is 13.4 Å². The Kier molecular flexibility index (Phi) is 8.30. The summed E-state index contributed by atoms with van der Waals surface area (Å²) in [5, 5.41) is 6.30. The van der Waals surface area contributed by atoms with Gasteiger partial charge in [0.1, 0.15) is 5.82 Å². The third kappa shape index (κ3) is 5.78. The average molecular weight is 572 g/mol. The van der Waals surface area contributed by atoms with Crippen molar-refractivity contribution in [3.8, 4) is 0 Å². The van der Waals surface area contributed by atoms with Crippen molar-refractivity contribution in [2.24, 2.45) is 11.7 Å². The molecule has 2 aromatic carbocycles. The topological polar surface area (TPSA) is 116 Å². The van der Waals surface area contributed by atoms with Crippen LogP contribution in [0, 0.1) is 5.92 Å². The Labute approximate surface area is 237 Å². The fourth-order valence-electron chi connectivity index (χ4n) is 5.49. The molecule has 0 amide bonds. The van der Waals surface area contributed by atoms with Crippen molar-refractivity contribution in [2.45, 2.75) is 50.1 Å². The second-order valence-electron chi connectivity index (χ2n) is 10.6. The summed E-state index contributed by atoms with van der Waals surface area (Å²) >= 11 is 0. The van der Waals surface area contributed by atoms with E-state index in [2.05, 4.69) is 45.8 Å². The summed E-state index contributed by atoms with van der Waals surface area (Å²) in [7, 11) is 0.901. The van der Waals surface area contributed by atoms with Gasteiger partial charge in [0.15, 0.2) is 15.6 Å². The maximum Gasteiger partial charge on any atom is 0.229 e. The highest BCUT2D eigenvalue weighted by molar-refractivity contribution is 7.90. The second-order valence-corrected chi connectivity index (χ2v) is 12.9. The number of halogens is 1. The molecule has 2 aliphatic rings. The Morgan fingerprint density at radius 3 is 2.49 bits per heavy atom. The number of hydrogen-bond acceptors (Lipinski definition) is 9. The van der Waals surface area contributed by atoms with Gasteiger partial charge in [-0.1, -0.05) is 31.4 Å². The van der Waals surface area contributed by atoms with Gasteiger partial charge in [0.2, 0.25) is 5.95 Å². The molecule has 1 saturated carbocycles. The predicted molar refractivity (Wildman–Crippen MR) is 162 cm³/mol. The molecular weight excluding hydrogens is 534 g/mol. The highest BCUT2D eigenvalue weighted by atomic mass is 35.5. The van der Waals surface area contributed by atoms with Crippen LogP contribution >= 0.6 is 12.4 Å². The summed E-state index contributed by atoms with van der Waals surface area (Å²) < 4.78 is 23.7. The van der Waals surface area contributed by atoms with E-state index >= 15 is 0 Å². The van der Waals surface area contributed by atoms with E-state index in [-0.39, 0.29) is 12.4 Å². The molecule has 1 aliphatic heterocycles. The van der Waals surface area contributed by atoms with Crippen molar-refractivity contribution in [3.05, 3.63) is 60.3 Å². The predicted octanol–water partition coefficient (Wildman–Crippen LogP) is 5.57. The van der Waals surface area contributed by atoms with E-state index in [0.29, 0.717) is 11.9 Å². The molecule has 2 atom stereocenters.